The van der Waals surface area contributed by atoms with Crippen molar-refractivity contribution in [3.05, 3.63) is 43.3 Å². The summed E-state index contributed by atoms with van der Waals surface area (Å²) in [5.41, 5.74) is 4.29. The van der Waals surface area contributed by atoms with Crippen LogP contribution >= 0.6 is 0 Å². The average molecular weight is 316 g/mol. The fraction of sp³-hybridized carbons (Fsp3) is 0.619. The van der Waals surface area contributed by atoms with Gasteiger partial charge in [-0.1, -0.05) is 33.9 Å². The molecule has 1 aliphatic heterocycles. The highest BCUT2D eigenvalue weighted by Crippen LogP contribution is 2.24. The van der Waals surface area contributed by atoms with Crippen molar-refractivity contribution in [2.24, 2.45) is 11.3 Å². The van der Waals surface area contributed by atoms with Crippen LogP contribution in [0.25, 0.3) is 0 Å². The van der Waals surface area contributed by atoms with Gasteiger partial charge in [-0.2, -0.15) is 0 Å². The first-order valence-corrected chi connectivity index (χ1v) is 9.01. The molecule has 128 valence electrons. The Hall–Kier alpha value is -1.37. The van der Waals surface area contributed by atoms with Crippen molar-refractivity contribution in [1.29, 1.82) is 0 Å². The molecular weight excluding hydrogens is 280 g/mol. The van der Waals surface area contributed by atoms with Crippen molar-refractivity contribution in [2.75, 3.05) is 13.1 Å². The van der Waals surface area contributed by atoms with Gasteiger partial charge in [0.05, 0.1) is 0 Å². The minimum Gasteiger partial charge on any atom is -0.314 e. The predicted octanol–water partition coefficient (Wildman–Crippen LogP) is 4.70. The van der Waals surface area contributed by atoms with Crippen molar-refractivity contribution in [3.63, 3.8) is 0 Å². The summed E-state index contributed by atoms with van der Waals surface area (Å²) >= 11 is 0. The Morgan fingerprint density at radius 1 is 1.39 bits per heavy atom. The van der Waals surface area contributed by atoms with Crippen LogP contribution in [0, 0.1) is 11.3 Å². The van der Waals surface area contributed by atoms with Gasteiger partial charge < -0.3 is 5.32 Å². The average Bonchev–Trinajstić information content (AvgIpc) is 2.52. The Morgan fingerprint density at radius 3 is 2.74 bits per heavy atom. The van der Waals surface area contributed by atoms with Crippen LogP contribution in [0.5, 0.6) is 0 Å². The number of hydrogen-bond donors (Lipinski definition) is 1. The number of nitrogens with zero attached hydrogens (tertiary/aromatic N) is 1. The standard InChI is InChI=1S/C21H35N2/c1-7-12-21(6,9-3)13-16-23-15-11-10-14-22-19(5)17-18(4)20(23)8-2/h8,12-13,16,18-19,22H,1-2,9-11,14-15,17H2,3-6H3/q+1. The van der Waals surface area contributed by atoms with Gasteiger partial charge in [0.2, 0.25) is 0 Å². The van der Waals surface area contributed by atoms with Crippen LogP contribution in [0.3, 0.4) is 0 Å². The minimum absolute atomic E-state index is 0.0153. The van der Waals surface area contributed by atoms with E-state index >= 15 is 0 Å². The van der Waals surface area contributed by atoms with Crippen molar-refractivity contribution in [3.8, 4) is 0 Å². The zero-order valence-electron chi connectivity index (χ0n) is 15.6. The van der Waals surface area contributed by atoms with Gasteiger partial charge in [0.25, 0.3) is 0 Å². The van der Waals surface area contributed by atoms with Crippen LogP contribution in [-0.4, -0.2) is 29.4 Å². The van der Waals surface area contributed by atoms with Gasteiger partial charge >= 0.3 is 0 Å². The molecule has 1 aliphatic rings. The van der Waals surface area contributed by atoms with Crippen LogP contribution in [0.1, 0.15) is 53.4 Å². The summed E-state index contributed by atoms with van der Waals surface area (Å²) < 4.78 is 2.40. The Balaban J connectivity index is 3.14. The van der Waals surface area contributed by atoms with Crippen molar-refractivity contribution in [2.45, 2.75) is 59.4 Å². The number of nitrogens with one attached hydrogen (secondary N) is 1. The van der Waals surface area contributed by atoms with Crippen LogP contribution in [-0.2, 0) is 0 Å². The topological polar surface area (TPSA) is 15.0 Å². The second kappa shape index (κ2) is 9.70. The zero-order valence-corrected chi connectivity index (χ0v) is 15.6. The van der Waals surface area contributed by atoms with Gasteiger partial charge in [-0.05, 0) is 51.0 Å². The molecule has 0 aromatic carbocycles. The molecule has 0 fully saturated rings. The number of rotatable bonds is 5. The lowest BCUT2D eigenvalue weighted by Gasteiger charge is -2.21. The third kappa shape index (κ3) is 6.33. The first kappa shape index (κ1) is 19.7. The summed E-state index contributed by atoms with van der Waals surface area (Å²) in [5, 5.41) is 3.62. The largest absolute Gasteiger partial charge is 0.314 e. The van der Waals surface area contributed by atoms with E-state index in [4.69, 9.17) is 0 Å². The van der Waals surface area contributed by atoms with Crippen molar-refractivity contribution >= 4 is 5.71 Å². The van der Waals surface area contributed by atoms with E-state index in [-0.39, 0.29) is 5.41 Å². The molecule has 0 saturated heterocycles. The zero-order chi connectivity index (χ0) is 17.3. The Labute approximate surface area is 143 Å². The monoisotopic (exact) mass is 315 g/mol. The molecule has 0 aromatic rings. The molecule has 0 aromatic heterocycles. The molecule has 0 radical (unpaired) electrons. The van der Waals surface area contributed by atoms with Gasteiger partial charge in [0, 0.05) is 23.8 Å². The highest BCUT2D eigenvalue weighted by atomic mass is 15.0. The Bertz CT molecular complexity index is 494. The normalized spacial score (nSPS) is 26.4. The van der Waals surface area contributed by atoms with Crippen LogP contribution < -0.4 is 5.32 Å². The quantitative estimate of drug-likeness (QED) is 0.574. The highest BCUT2D eigenvalue weighted by molar-refractivity contribution is 5.92. The Kier molecular flexibility index (Phi) is 8.30. The van der Waals surface area contributed by atoms with Crippen LogP contribution in [0.2, 0.25) is 0 Å². The fourth-order valence-corrected chi connectivity index (χ4v) is 3.14. The molecule has 23 heavy (non-hydrogen) atoms. The second-order valence-electron chi connectivity index (χ2n) is 7.04. The molecule has 1 heterocycles. The van der Waals surface area contributed by atoms with E-state index in [1.807, 2.05) is 6.08 Å². The molecule has 0 bridgehead atoms. The molecule has 3 atom stereocenters. The summed E-state index contributed by atoms with van der Waals surface area (Å²) in [7, 11) is 0. The van der Waals surface area contributed by atoms with Gasteiger partial charge in [-0.3, -0.25) is 0 Å². The summed E-state index contributed by atoms with van der Waals surface area (Å²) in [4.78, 5) is 0. The molecule has 1 N–H and O–H groups in total. The minimum atomic E-state index is 0.0153. The molecule has 0 spiro atoms. The maximum atomic E-state index is 4.07. The summed E-state index contributed by atoms with van der Waals surface area (Å²) in [6, 6.07) is 0.550. The van der Waals surface area contributed by atoms with Crippen molar-refractivity contribution < 1.29 is 4.58 Å². The molecule has 0 aliphatic carbocycles. The van der Waals surface area contributed by atoms with Gasteiger partial charge in [0.15, 0.2) is 11.9 Å². The van der Waals surface area contributed by atoms with E-state index in [9.17, 15) is 0 Å². The van der Waals surface area contributed by atoms with Crippen molar-refractivity contribution in [1.82, 2.24) is 5.32 Å². The van der Waals surface area contributed by atoms with Gasteiger partial charge in [-0.25, -0.2) is 4.58 Å². The van der Waals surface area contributed by atoms with Gasteiger partial charge in [-0.15, -0.1) is 5.73 Å². The van der Waals surface area contributed by atoms with E-state index in [1.54, 1.807) is 0 Å². The summed E-state index contributed by atoms with van der Waals surface area (Å²) in [6.07, 6.45) is 13.2. The van der Waals surface area contributed by atoms with E-state index in [0.29, 0.717) is 12.0 Å². The molecule has 1 rings (SSSR count). The molecule has 0 amide bonds. The first-order valence-electron chi connectivity index (χ1n) is 9.01. The van der Waals surface area contributed by atoms with Gasteiger partial charge in [0.1, 0.15) is 6.54 Å². The molecule has 2 nitrogen and oxygen atoms in total. The SMILES string of the molecule is C=C=CC(C)(C=C[N+]1=C(C=C)C(C)CC(C)NCCCC1)CC. The van der Waals surface area contributed by atoms with Crippen LogP contribution in [0.4, 0.5) is 0 Å². The molecule has 2 heteroatoms. The second-order valence-corrected chi connectivity index (χ2v) is 7.04. The van der Waals surface area contributed by atoms with E-state index in [1.165, 1.54) is 18.6 Å². The predicted molar refractivity (Wildman–Crippen MR) is 102 cm³/mol. The lowest BCUT2D eigenvalue weighted by atomic mass is 9.87. The summed E-state index contributed by atoms with van der Waals surface area (Å²) in [5.74, 6) is 0.501. The van der Waals surface area contributed by atoms with E-state index in [2.05, 4.69) is 74.8 Å². The Morgan fingerprint density at radius 2 is 2.13 bits per heavy atom. The molecule has 3 unspecified atom stereocenters. The molecular formula is C21H35N2+. The summed E-state index contributed by atoms with van der Waals surface area (Å²) in [6.45, 7) is 19.0. The fourth-order valence-electron chi connectivity index (χ4n) is 3.14. The first-order chi connectivity index (χ1) is 11.0. The smallest absolute Gasteiger partial charge is 0.183 e. The van der Waals surface area contributed by atoms with E-state index in [0.717, 1.165) is 25.9 Å². The third-order valence-electron chi connectivity index (χ3n) is 4.90. The lowest BCUT2D eigenvalue weighted by Crippen LogP contribution is -2.34. The third-order valence-corrected chi connectivity index (χ3v) is 4.90. The maximum absolute atomic E-state index is 4.07. The highest BCUT2D eigenvalue weighted by Gasteiger charge is 2.22. The number of hydrogen-bond acceptors (Lipinski definition) is 1. The maximum Gasteiger partial charge on any atom is 0.183 e. The number of allylic oxidation sites excluding steroid dienone is 3. The molecule has 0 saturated carbocycles. The van der Waals surface area contributed by atoms with E-state index < -0.39 is 0 Å². The lowest BCUT2D eigenvalue weighted by molar-refractivity contribution is -0.460. The van der Waals surface area contributed by atoms with Crippen LogP contribution in [0.15, 0.2) is 43.3 Å².